The zero-order chi connectivity index (χ0) is 12.9. The van der Waals surface area contributed by atoms with Crippen molar-refractivity contribution in [2.75, 3.05) is 6.54 Å². The second-order valence-electron chi connectivity index (χ2n) is 4.57. The van der Waals surface area contributed by atoms with E-state index in [1.807, 2.05) is 32.0 Å². The van der Waals surface area contributed by atoms with Gasteiger partial charge in [-0.25, -0.2) is 0 Å². The number of aryl methyl sites for hydroxylation is 1. The normalized spacial score (nSPS) is 11.5. The van der Waals surface area contributed by atoms with Gasteiger partial charge in [-0.1, -0.05) is 39.0 Å². The van der Waals surface area contributed by atoms with Gasteiger partial charge in [0, 0.05) is 17.5 Å². The van der Waals surface area contributed by atoms with E-state index >= 15 is 0 Å². The smallest absolute Gasteiger partial charge is 0.170 e. The Labute approximate surface area is 104 Å². The molecule has 0 aromatic heterocycles. The van der Waals surface area contributed by atoms with Gasteiger partial charge in [0.25, 0.3) is 0 Å². The summed E-state index contributed by atoms with van der Waals surface area (Å²) in [4.78, 5) is 12.5. The van der Waals surface area contributed by atoms with Gasteiger partial charge < -0.3 is 5.73 Å². The largest absolute Gasteiger partial charge is 0.329 e. The van der Waals surface area contributed by atoms with Gasteiger partial charge in [0.1, 0.15) is 0 Å². The summed E-state index contributed by atoms with van der Waals surface area (Å²) in [6, 6.07) is 7.91. The van der Waals surface area contributed by atoms with Crippen LogP contribution in [0.25, 0.3) is 0 Å². The van der Waals surface area contributed by atoms with Crippen LogP contribution < -0.4 is 5.73 Å². The van der Waals surface area contributed by atoms with Crippen LogP contribution in [0.3, 0.4) is 0 Å². The van der Waals surface area contributed by atoms with Gasteiger partial charge in [-0.05, 0) is 30.9 Å². The Morgan fingerprint density at radius 3 is 2.35 bits per heavy atom. The second-order valence-corrected chi connectivity index (χ2v) is 4.57. The summed E-state index contributed by atoms with van der Waals surface area (Å²) in [7, 11) is 0. The fraction of sp³-hybridized carbons (Fsp3) is 0.533. The minimum Gasteiger partial charge on any atom is -0.329 e. The first-order valence-electron chi connectivity index (χ1n) is 6.47. The Hall–Kier alpha value is -1.15. The molecule has 0 unspecified atom stereocenters. The summed E-state index contributed by atoms with van der Waals surface area (Å²) in [5.41, 5.74) is 7.44. The van der Waals surface area contributed by atoms with Gasteiger partial charge in [-0.2, -0.15) is 0 Å². The van der Waals surface area contributed by atoms with Gasteiger partial charge in [0.05, 0.1) is 0 Å². The van der Waals surface area contributed by atoms with Crippen LogP contribution in [0.1, 0.15) is 49.5 Å². The van der Waals surface area contributed by atoms with Crippen LogP contribution in [0.4, 0.5) is 0 Å². The standard InChI is InChI=1S/C15H23NO/c1-4-12-8-7-9-13(10-12)14(17)15(5-2,6-3)11-16/h7-10H,4-6,11,16H2,1-3H3. The third kappa shape index (κ3) is 2.75. The van der Waals surface area contributed by atoms with E-state index in [4.69, 9.17) is 5.73 Å². The van der Waals surface area contributed by atoms with Crippen LogP contribution in [-0.2, 0) is 6.42 Å². The van der Waals surface area contributed by atoms with Crippen molar-refractivity contribution in [1.82, 2.24) is 0 Å². The predicted octanol–water partition coefficient (Wildman–Crippen LogP) is 3.20. The molecule has 0 aliphatic rings. The van der Waals surface area contributed by atoms with E-state index in [9.17, 15) is 4.79 Å². The highest BCUT2D eigenvalue weighted by atomic mass is 16.1. The second kappa shape index (κ2) is 5.97. The maximum Gasteiger partial charge on any atom is 0.170 e. The van der Waals surface area contributed by atoms with Crippen molar-refractivity contribution >= 4 is 5.78 Å². The van der Waals surface area contributed by atoms with Crippen molar-refractivity contribution < 1.29 is 4.79 Å². The molecule has 94 valence electrons. The molecule has 0 spiro atoms. The highest BCUT2D eigenvalue weighted by molar-refractivity contribution is 6.00. The van der Waals surface area contributed by atoms with E-state index in [-0.39, 0.29) is 11.2 Å². The number of hydrogen-bond donors (Lipinski definition) is 1. The number of nitrogens with two attached hydrogens (primary N) is 1. The number of Topliss-reactive ketones (excluding diaryl/α,β-unsaturated/α-hetero) is 1. The van der Waals surface area contributed by atoms with Crippen LogP contribution in [0.15, 0.2) is 24.3 Å². The monoisotopic (exact) mass is 233 g/mol. The molecule has 1 aromatic rings. The molecule has 0 aliphatic heterocycles. The summed E-state index contributed by atoms with van der Waals surface area (Å²) < 4.78 is 0. The fourth-order valence-electron chi connectivity index (χ4n) is 2.19. The van der Waals surface area contributed by atoms with Crippen LogP contribution in [0.5, 0.6) is 0 Å². The van der Waals surface area contributed by atoms with Crippen molar-refractivity contribution in [2.45, 2.75) is 40.0 Å². The third-order valence-electron chi connectivity index (χ3n) is 3.82. The number of benzene rings is 1. The highest BCUT2D eigenvalue weighted by Crippen LogP contribution is 2.30. The summed E-state index contributed by atoms with van der Waals surface area (Å²) >= 11 is 0. The van der Waals surface area contributed by atoms with E-state index in [2.05, 4.69) is 13.0 Å². The molecular weight excluding hydrogens is 210 g/mol. The number of hydrogen-bond acceptors (Lipinski definition) is 2. The van der Waals surface area contributed by atoms with E-state index in [0.29, 0.717) is 6.54 Å². The molecule has 1 aromatic carbocycles. The zero-order valence-electron chi connectivity index (χ0n) is 11.1. The van der Waals surface area contributed by atoms with Crippen LogP contribution >= 0.6 is 0 Å². The van der Waals surface area contributed by atoms with E-state index < -0.39 is 0 Å². The molecule has 0 atom stereocenters. The number of ketones is 1. The molecule has 17 heavy (non-hydrogen) atoms. The summed E-state index contributed by atoms with van der Waals surface area (Å²) in [5.74, 6) is 0.195. The van der Waals surface area contributed by atoms with E-state index in [1.165, 1.54) is 5.56 Å². The Morgan fingerprint density at radius 2 is 1.88 bits per heavy atom. The Bertz CT molecular complexity index is 372. The summed E-state index contributed by atoms with van der Waals surface area (Å²) in [6.07, 6.45) is 2.55. The summed E-state index contributed by atoms with van der Waals surface area (Å²) in [5, 5.41) is 0. The van der Waals surface area contributed by atoms with Crippen molar-refractivity contribution in [3.63, 3.8) is 0 Å². The topological polar surface area (TPSA) is 43.1 Å². The first-order valence-corrected chi connectivity index (χ1v) is 6.47. The molecule has 0 heterocycles. The van der Waals surface area contributed by atoms with Crippen LogP contribution in [0, 0.1) is 5.41 Å². The maximum atomic E-state index is 12.5. The molecule has 0 saturated heterocycles. The average molecular weight is 233 g/mol. The number of carbonyl (C=O) groups is 1. The molecule has 1 rings (SSSR count). The van der Waals surface area contributed by atoms with Gasteiger partial charge >= 0.3 is 0 Å². The average Bonchev–Trinajstić information content (AvgIpc) is 2.41. The molecule has 2 nitrogen and oxygen atoms in total. The summed E-state index contributed by atoms with van der Waals surface area (Å²) in [6.45, 7) is 6.60. The Balaban J connectivity index is 3.09. The molecule has 0 bridgehead atoms. The molecule has 2 heteroatoms. The Morgan fingerprint density at radius 1 is 1.24 bits per heavy atom. The van der Waals surface area contributed by atoms with E-state index in [1.54, 1.807) is 0 Å². The molecular formula is C15H23NO. The Kier molecular flexibility index (Phi) is 4.88. The maximum absolute atomic E-state index is 12.5. The van der Waals surface area contributed by atoms with Crippen LogP contribution in [-0.4, -0.2) is 12.3 Å². The molecule has 0 fully saturated rings. The van der Waals surface area contributed by atoms with Gasteiger partial charge in [-0.3, -0.25) is 4.79 Å². The van der Waals surface area contributed by atoms with Crippen molar-refractivity contribution in [2.24, 2.45) is 11.1 Å². The van der Waals surface area contributed by atoms with Gasteiger partial charge in [-0.15, -0.1) is 0 Å². The van der Waals surface area contributed by atoms with Crippen LogP contribution in [0.2, 0.25) is 0 Å². The minimum atomic E-state index is -0.383. The zero-order valence-corrected chi connectivity index (χ0v) is 11.1. The highest BCUT2D eigenvalue weighted by Gasteiger charge is 2.33. The lowest BCUT2D eigenvalue weighted by Gasteiger charge is -2.28. The SMILES string of the molecule is CCc1cccc(C(=O)C(CC)(CC)CN)c1. The lowest BCUT2D eigenvalue weighted by atomic mass is 9.75. The van der Waals surface area contributed by atoms with Crippen molar-refractivity contribution in [3.05, 3.63) is 35.4 Å². The molecule has 0 amide bonds. The first-order chi connectivity index (χ1) is 8.13. The fourth-order valence-corrected chi connectivity index (χ4v) is 2.19. The van der Waals surface area contributed by atoms with Crippen molar-refractivity contribution in [3.8, 4) is 0 Å². The van der Waals surface area contributed by atoms with Gasteiger partial charge in [0.15, 0.2) is 5.78 Å². The number of rotatable bonds is 6. The molecule has 0 aliphatic carbocycles. The molecule has 2 N–H and O–H groups in total. The lowest BCUT2D eigenvalue weighted by Crippen LogP contribution is -2.37. The molecule has 0 saturated carbocycles. The van der Waals surface area contributed by atoms with Gasteiger partial charge in [0.2, 0.25) is 0 Å². The van der Waals surface area contributed by atoms with E-state index in [0.717, 1.165) is 24.8 Å². The quantitative estimate of drug-likeness (QED) is 0.767. The first kappa shape index (κ1) is 13.9. The minimum absolute atomic E-state index is 0.195. The number of carbonyl (C=O) groups excluding carboxylic acids is 1. The van der Waals surface area contributed by atoms with Crippen molar-refractivity contribution in [1.29, 1.82) is 0 Å². The third-order valence-corrected chi connectivity index (χ3v) is 3.82. The predicted molar refractivity (Wildman–Crippen MR) is 72.2 cm³/mol. The lowest BCUT2D eigenvalue weighted by molar-refractivity contribution is 0.0787. The molecule has 0 radical (unpaired) electrons.